The average Bonchev–Trinajstić information content (AvgIpc) is 3.37. The number of halogens is 1. The quantitative estimate of drug-likeness (QED) is 0.260. The summed E-state index contributed by atoms with van der Waals surface area (Å²) in [6, 6.07) is 26.0. The molecule has 0 radical (unpaired) electrons. The molecule has 4 nitrogen and oxygen atoms in total. The van der Waals surface area contributed by atoms with E-state index in [2.05, 4.69) is 47.8 Å². The van der Waals surface area contributed by atoms with E-state index in [4.69, 9.17) is 21.1 Å². The molecule has 4 rings (SSSR count). The summed E-state index contributed by atoms with van der Waals surface area (Å²) >= 11 is 8.22. The Bertz CT molecular complexity index is 1150. The van der Waals surface area contributed by atoms with Gasteiger partial charge >= 0.3 is 5.97 Å². The second-order valence-corrected chi connectivity index (χ2v) is 10.7. The molecule has 6 heteroatoms. The van der Waals surface area contributed by atoms with Gasteiger partial charge in [-0.25, -0.2) is 4.79 Å². The van der Waals surface area contributed by atoms with Gasteiger partial charge in [-0.1, -0.05) is 72.3 Å². The van der Waals surface area contributed by atoms with Gasteiger partial charge in [0.05, 0.1) is 25.4 Å². The minimum atomic E-state index is -0.328. The Morgan fingerprint density at radius 1 is 1.06 bits per heavy atom. The number of methoxy groups -OCH3 is 1. The lowest BCUT2D eigenvalue weighted by Crippen LogP contribution is -2.23. The van der Waals surface area contributed by atoms with Gasteiger partial charge < -0.3 is 14.8 Å². The van der Waals surface area contributed by atoms with Crippen LogP contribution >= 0.6 is 23.4 Å². The number of esters is 1. The summed E-state index contributed by atoms with van der Waals surface area (Å²) in [5, 5.41) is 4.81. The molecular formula is C30H32ClNO3S. The van der Waals surface area contributed by atoms with Crippen molar-refractivity contribution in [1.82, 2.24) is 5.32 Å². The van der Waals surface area contributed by atoms with E-state index in [0.717, 1.165) is 24.0 Å². The third kappa shape index (κ3) is 7.97. The molecule has 36 heavy (non-hydrogen) atoms. The van der Waals surface area contributed by atoms with Gasteiger partial charge in [-0.05, 0) is 60.2 Å². The van der Waals surface area contributed by atoms with E-state index in [1.54, 1.807) is 12.1 Å². The number of ether oxygens (including phenoxy) is 2. The van der Waals surface area contributed by atoms with Crippen molar-refractivity contribution in [3.8, 4) is 0 Å². The number of aryl methyl sites for hydroxylation is 1. The Labute approximate surface area is 223 Å². The van der Waals surface area contributed by atoms with E-state index in [1.165, 1.54) is 24.0 Å². The number of allylic oxidation sites excluding steroid dienone is 1. The molecule has 1 heterocycles. The lowest BCUT2D eigenvalue weighted by molar-refractivity contribution is 0.0600. The number of nitrogens with one attached hydrogen (secondary N) is 1. The zero-order chi connectivity index (χ0) is 25.2. The molecule has 188 valence electrons. The fraction of sp³-hybridized carbons (Fsp3) is 0.300. The maximum absolute atomic E-state index is 11.6. The summed E-state index contributed by atoms with van der Waals surface area (Å²) < 4.78 is 11.2. The first-order valence-corrected chi connectivity index (χ1v) is 13.5. The molecule has 1 N–H and O–H groups in total. The van der Waals surface area contributed by atoms with Gasteiger partial charge in [0.15, 0.2) is 0 Å². The van der Waals surface area contributed by atoms with Gasteiger partial charge in [-0.15, -0.1) is 11.8 Å². The highest BCUT2D eigenvalue weighted by Gasteiger charge is 2.20. The van der Waals surface area contributed by atoms with Crippen LogP contribution in [0.2, 0.25) is 5.02 Å². The largest absolute Gasteiger partial charge is 0.465 e. The Morgan fingerprint density at radius 3 is 2.61 bits per heavy atom. The number of hydrogen-bond donors (Lipinski definition) is 1. The number of thioether (sulfide) groups is 1. The highest BCUT2D eigenvalue weighted by Crippen LogP contribution is 2.36. The lowest BCUT2D eigenvalue weighted by atomic mass is 10.1. The molecule has 0 spiro atoms. The standard InChI is InChI=1S/C30H32ClNO3S/c1-34-30(33)24-13-10-23(11-14-24)19-32-20-29(25-8-5-9-26(31)18-25)35-21-28-17-16-27(36-28)15-12-22-6-3-2-4-7-22/h2-11,13-14,17-18,27,29,32H,12,15-16,19-21H2,1H3. The Balaban J connectivity index is 1.28. The predicted octanol–water partition coefficient (Wildman–Crippen LogP) is 7.00. The van der Waals surface area contributed by atoms with Crippen LogP contribution in [0.3, 0.4) is 0 Å². The highest BCUT2D eigenvalue weighted by atomic mass is 35.5. The van der Waals surface area contributed by atoms with Gasteiger partial charge in [0.25, 0.3) is 0 Å². The molecule has 2 unspecified atom stereocenters. The fourth-order valence-corrected chi connectivity index (χ4v) is 5.59. The summed E-state index contributed by atoms with van der Waals surface area (Å²) in [7, 11) is 1.39. The normalized spacial score (nSPS) is 15.9. The number of rotatable bonds is 12. The van der Waals surface area contributed by atoms with Crippen LogP contribution in [0.4, 0.5) is 0 Å². The predicted molar refractivity (Wildman–Crippen MR) is 148 cm³/mol. The maximum atomic E-state index is 11.6. The van der Waals surface area contributed by atoms with Crippen molar-refractivity contribution in [2.24, 2.45) is 0 Å². The van der Waals surface area contributed by atoms with Crippen molar-refractivity contribution in [1.29, 1.82) is 0 Å². The van der Waals surface area contributed by atoms with Gasteiger partial charge in [-0.3, -0.25) is 0 Å². The van der Waals surface area contributed by atoms with Crippen molar-refractivity contribution in [2.75, 3.05) is 20.3 Å². The topological polar surface area (TPSA) is 47.6 Å². The van der Waals surface area contributed by atoms with E-state index >= 15 is 0 Å². The molecule has 0 amide bonds. The smallest absolute Gasteiger partial charge is 0.337 e. The molecule has 0 aliphatic carbocycles. The first-order chi connectivity index (χ1) is 17.6. The van der Waals surface area contributed by atoms with E-state index in [-0.39, 0.29) is 12.1 Å². The highest BCUT2D eigenvalue weighted by molar-refractivity contribution is 8.03. The number of benzene rings is 3. The zero-order valence-electron chi connectivity index (χ0n) is 20.5. The third-order valence-corrected chi connectivity index (χ3v) is 7.79. The number of carbonyl (C=O) groups excluding carboxylic acids is 1. The molecule has 3 aromatic rings. The van der Waals surface area contributed by atoms with Crippen molar-refractivity contribution in [2.45, 2.75) is 37.2 Å². The van der Waals surface area contributed by atoms with Crippen LogP contribution in [0, 0.1) is 0 Å². The molecule has 0 fully saturated rings. The van der Waals surface area contributed by atoms with Crippen molar-refractivity contribution < 1.29 is 14.3 Å². The molecule has 0 saturated carbocycles. The van der Waals surface area contributed by atoms with E-state index in [9.17, 15) is 4.79 Å². The average molecular weight is 522 g/mol. The molecule has 1 aliphatic heterocycles. The van der Waals surface area contributed by atoms with Crippen LogP contribution in [0.25, 0.3) is 0 Å². The summed E-state index contributed by atoms with van der Waals surface area (Å²) in [6.45, 7) is 1.91. The second-order valence-electron chi connectivity index (χ2n) is 8.84. The SMILES string of the molecule is COC(=O)c1ccc(CNCC(OCC2=CCC(CCc3ccccc3)S2)c2cccc(Cl)c2)cc1. The van der Waals surface area contributed by atoms with Crippen LogP contribution in [0.5, 0.6) is 0 Å². The van der Waals surface area contributed by atoms with Gasteiger partial charge in [0, 0.05) is 28.3 Å². The second kappa shape index (κ2) is 13.7. The molecule has 0 bridgehead atoms. The van der Waals surface area contributed by atoms with Gasteiger partial charge in [0.2, 0.25) is 0 Å². The van der Waals surface area contributed by atoms with Crippen molar-refractivity contribution in [3.63, 3.8) is 0 Å². The first-order valence-electron chi connectivity index (χ1n) is 12.3. The lowest BCUT2D eigenvalue weighted by Gasteiger charge is -2.20. The van der Waals surface area contributed by atoms with Crippen LogP contribution in [-0.2, 0) is 22.4 Å². The van der Waals surface area contributed by atoms with Gasteiger partial charge in [0.1, 0.15) is 0 Å². The molecule has 0 saturated heterocycles. The minimum Gasteiger partial charge on any atom is -0.465 e. The Hall–Kier alpha value is -2.57. The Morgan fingerprint density at radius 2 is 1.86 bits per heavy atom. The van der Waals surface area contributed by atoms with Crippen LogP contribution in [0.1, 0.15) is 46.0 Å². The summed E-state index contributed by atoms with van der Waals surface area (Å²) in [6.07, 6.45) is 5.57. The summed E-state index contributed by atoms with van der Waals surface area (Å²) in [5.41, 5.74) is 4.09. The zero-order valence-corrected chi connectivity index (χ0v) is 22.1. The third-order valence-electron chi connectivity index (χ3n) is 6.21. The number of carbonyl (C=O) groups is 1. The van der Waals surface area contributed by atoms with Crippen LogP contribution in [0.15, 0.2) is 89.8 Å². The summed E-state index contributed by atoms with van der Waals surface area (Å²) in [5.74, 6) is -0.328. The summed E-state index contributed by atoms with van der Waals surface area (Å²) in [4.78, 5) is 12.9. The van der Waals surface area contributed by atoms with E-state index in [0.29, 0.717) is 35.5 Å². The molecular weight excluding hydrogens is 490 g/mol. The van der Waals surface area contributed by atoms with Gasteiger partial charge in [-0.2, -0.15) is 0 Å². The van der Waals surface area contributed by atoms with Crippen molar-refractivity contribution in [3.05, 3.63) is 117 Å². The molecule has 0 aromatic heterocycles. The van der Waals surface area contributed by atoms with Crippen LogP contribution < -0.4 is 5.32 Å². The molecule has 1 aliphatic rings. The van der Waals surface area contributed by atoms with E-state index in [1.807, 2.05) is 42.1 Å². The minimum absolute atomic E-state index is 0.122. The van der Waals surface area contributed by atoms with Crippen molar-refractivity contribution >= 4 is 29.3 Å². The first kappa shape index (κ1) is 26.5. The van der Waals surface area contributed by atoms with Crippen LogP contribution in [-0.4, -0.2) is 31.5 Å². The number of hydrogen-bond acceptors (Lipinski definition) is 5. The molecule has 2 atom stereocenters. The molecule has 3 aromatic carbocycles. The van der Waals surface area contributed by atoms with E-state index < -0.39 is 0 Å². The fourth-order valence-electron chi connectivity index (χ4n) is 4.20. The monoisotopic (exact) mass is 521 g/mol. The maximum Gasteiger partial charge on any atom is 0.337 e. The Kier molecular flexibility index (Phi) is 10.1.